The van der Waals surface area contributed by atoms with E-state index in [4.69, 9.17) is 9.47 Å². The Morgan fingerprint density at radius 1 is 0.444 bits per heavy atom. The largest absolute Gasteiger partial charge is 0.347 e. The molecule has 0 aromatic carbocycles. The molecule has 2 bridgehead atoms. The lowest BCUT2D eigenvalue weighted by molar-refractivity contribution is -0.227. The van der Waals surface area contributed by atoms with Gasteiger partial charge in [-0.1, -0.05) is 0 Å². The van der Waals surface area contributed by atoms with Crippen LogP contribution >= 0.6 is 68.0 Å². The Bertz CT molecular complexity index is 1780. The van der Waals surface area contributed by atoms with Gasteiger partial charge >= 0.3 is 0 Å². The molecule has 0 amide bonds. The summed E-state index contributed by atoms with van der Waals surface area (Å²) in [7, 11) is 0. The third kappa shape index (κ3) is 4.78. The molecule has 2 aliphatic carbocycles. The van der Waals surface area contributed by atoms with E-state index < -0.39 is 5.79 Å². The summed E-state index contributed by atoms with van der Waals surface area (Å²) in [6.45, 7) is 10.3. The summed E-state index contributed by atoms with van der Waals surface area (Å²) in [5.74, 6) is -0.0384. The molecule has 2 nitrogen and oxygen atoms in total. The Morgan fingerprint density at radius 2 is 0.733 bits per heavy atom. The van der Waals surface area contributed by atoms with Gasteiger partial charge in [-0.2, -0.15) is 0 Å². The fourth-order valence-corrected chi connectivity index (χ4v) is 14.6. The molecule has 1 fully saturated rings. The molecule has 1 saturated heterocycles. The summed E-state index contributed by atoms with van der Waals surface area (Å²) in [6.07, 6.45) is 3.96. The van der Waals surface area contributed by atoms with Crippen molar-refractivity contribution < 1.29 is 9.47 Å². The number of ether oxygens (including phenoxy) is 2. The third-order valence-corrected chi connectivity index (χ3v) is 17.0. The quantitative estimate of drug-likeness (QED) is 0.182. The maximum absolute atomic E-state index is 6.90. The molecule has 1 aliphatic heterocycles. The second-order valence-electron chi connectivity index (χ2n) is 12.7. The lowest BCUT2D eigenvalue weighted by atomic mass is 9.82. The molecule has 0 N–H and O–H groups in total. The molecule has 9 rings (SSSR count). The van der Waals surface area contributed by atoms with Gasteiger partial charge in [0.15, 0.2) is 5.79 Å². The standard InChI is InChI=1S/C37H34O2S6/c1-19-5-9-29(40-19)33-25-15-23-17-27-28(36(32-12-8-22(4)43-32)45-35(27)31-11-7-21(3)42-31)18-24(37(23)38-13-14-39-37)16-26(25)34(44-33)30-10-6-20(2)41-30/h5-12,23-24H,13-18H2,1-4H3. The van der Waals surface area contributed by atoms with Crippen LogP contribution in [0.4, 0.5) is 0 Å². The number of aryl methyl sites for hydroxylation is 4. The van der Waals surface area contributed by atoms with E-state index >= 15 is 0 Å². The molecule has 0 atom stereocenters. The van der Waals surface area contributed by atoms with E-state index in [-0.39, 0.29) is 11.8 Å². The molecular formula is C37H34O2S6. The van der Waals surface area contributed by atoms with Gasteiger partial charge in [0.2, 0.25) is 0 Å². The van der Waals surface area contributed by atoms with Crippen LogP contribution in [0.15, 0.2) is 48.5 Å². The molecule has 7 heterocycles. The lowest BCUT2D eigenvalue weighted by Gasteiger charge is -2.39. The predicted molar refractivity (Wildman–Crippen MR) is 197 cm³/mol. The van der Waals surface area contributed by atoms with Crippen molar-refractivity contribution in [2.75, 3.05) is 13.2 Å². The van der Waals surface area contributed by atoms with Crippen molar-refractivity contribution in [3.63, 3.8) is 0 Å². The third-order valence-electron chi connectivity index (χ3n) is 9.77. The molecule has 1 spiro atoms. The highest BCUT2D eigenvalue weighted by Gasteiger charge is 2.55. The van der Waals surface area contributed by atoms with Gasteiger partial charge in [-0.15, -0.1) is 68.0 Å². The maximum Gasteiger partial charge on any atom is 0.175 e. The first-order valence-electron chi connectivity index (χ1n) is 15.7. The van der Waals surface area contributed by atoms with Gasteiger partial charge in [0.25, 0.3) is 0 Å². The topological polar surface area (TPSA) is 18.5 Å². The first kappa shape index (κ1) is 29.3. The normalized spacial score (nSPS) is 20.4. The number of hydrogen-bond acceptors (Lipinski definition) is 8. The second kappa shape index (κ2) is 11.1. The number of rotatable bonds is 4. The van der Waals surface area contributed by atoms with Crippen LogP contribution in [-0.4, -0.2) is 19.0 Å². The Kier molecular flexibility index (Phi) is 7.22. The van der Waals surface area contributed by atoms with Crippen molar-refractivity contribution in [3.05, 3.63) is 90.3 Å². The summed E-state index contributed by atoms with van der Waals surface area (Å²) in [5, 5.41) is 0. The first-order chi connectivity index (χ1) is 21.9. The number of fused-ring (bicyclic) bond motifs is 2. The fourth-order valence-electron chi connectivity index (χ4n) is 7.83. The Labute approximate surface area is 289 Å². The Hall–Kier alpha value is -1.88. The highest BCUT2D eigenvalue weighted by molar-refractivity contribution is 7.27. The van der Waals surface area contributed by atoms with Crippen LogP contribution in [0, 0.1) is 39.5 Å². The van der Waals surface area contributed by atoms with E-state index in [1.54, 1.807) is 22.3 Å². The molecule has 3 aliphatic rings. The highest BCUT2D eigenvalue weighted by Crippen LogP contribution is 2.57. The maximum atomic E-state index is 6.90. The van der Waals surface area contributed by atoms with Crippen molar-refractivity contribution in [1.29, 1.82) is 0 Å². The fraction of sp³-hybridized carbons (Fsp3) is 0.351. The van der Waals surface area contributed by atoms with Crippen LogP contribution in [0.1, 0.15) is 41.8 Å². The summed E-state index contributed by atoms with van der Waals surface area (Å²) in [6, 6.07) is 18.5. The van der Waals surface area contributed by atoms with Gasteiger partial charge in [0, 0.05) is 70.4 Å². The van der Waals surface area contributed by atoms with Gasteiger partial charge in [-0.25, -0.2) is 0 Å². The molecule has 45 heavy (non-hydrogen) atoms. The minimum atomic E-state index is -0.552. The van der Waals surface area contributed by atoms with Crippen LogP contribution in [0.3, 0.4) is 0 Å². The zero-order valence-electron chi connectivity index (χ0n) is 25.8. The van der Waals surface area contributed by atoms with Gasteiger partial charge < -0.3 is 9.47 Å². The monoisotopic (exact) mass is 702 g/mol. The van der Waals surface area contributed by atoms with Crippen LogP contribution in [0.2, 0.25) is 0 Å². The summed E-state index contributed by atoms with van der Waals surface area (Å²) < 4.78 is 13.8. The van der Waals surface area contributed by atoms with Crippen molar-refractivity contribution >= 4 is 68.0 Å². The van der Waals surface area contributed by atoms with E-state index in [0.717, 1.165) is 25.7 Å². The average Bonchev–Trinajstić information content (AvgIpc) is 3.85. The molecular weight excluding hydrogens is 669 g/mol. The van der Waals surface area contributed by atoms with E-state index in [1.165, 1.54) is 58.5 Å². The molecule has 0 saturated carbocycles. The molecule has 8 heteroatoms. The van der Waals surface area contributed by atoms with Crippen LogP contribution in [-0.2, 0) is 35.2 Å². The Balaban J connectivity index is 1.26. The Morgan fingerprint density at radius 3 is 0.978 bits per heavy atom. The smallest absolute Gasteiger partial charge is 0.175 e. The van der Waals surface area contributed by atoms with Gasteiger partial charge in [0.1, 0.15) is 0 Å². The van der Waals surface area contributed by atoms with E-state index in [0.29, 0.717) is 13.2 Å². The molecule has 0 radical (unpaired) electrons. The van der Waals surface area contributed by atoms with Gasteiger partial charge in [-0.3, -0.25) is 0 Å². The molecule has 0 unspecified atom stereocenters. The minimum Gasteiger partial charge on any atom is -0.347 e. The first-order valence-corrected chi connectivity index (χ1v) is 20.6. The van der Waals surface area contributed by atoms with Crippen molar-refractivity contribution in [3.8, 4) is 39.0 Å². The van der Waals surface area contributed by atoms with E-state index in [2.05, 4.69) is 76.2 Å². The van der Waals surface area contributed by atoms with Gasteiger partial charge in [0.05, 0.1) is 13.2 Å². The van der Waals surface area contributed by atoms with Crippen molar-refractivity contribution in [2.24, 2.45) is 11.8 Å². The predicted octanol–water partition coefficient (Wildman–Crippen LogP) is 11.8. The van der Waals surface area contributed by atoms with Crippen molar-refractivity contribution in [1.82, 2.24) is 0 Å². The highest BCUT2D eigenvalue weighted by atomic mass is 32.1. The zero-order chi connectivity index (χ0) is 30.4. The van der Waals surface area contributed by atoms with Crippen LogP contribution in [0.5, 0.6) is 0 Å². The summed E-state index contributed by atoms with van der Waals surface area (Å²) in [5.41, 5.74) is 6.20. The molecule has 6 aromatic heterocycles. The molecule has 6 aromatic rings. The average molecular weight is 703 g/mol. The SMILES string of the molecule is Cc1ccc(-c2sc(-c3ccc(C)s3)c3c2CC2Cc4c(-c5ccc(C)s5)sc(-c5ccc(C)s5)c4CC(C3)C23OCCO3)s1. The summed E-state index contributed by atoms with van der Waals surface area (Å²) in [4.78, 5) is 17.0. The number of thiophene rings is 6. The van der Waals surface area contributed by atoms with Crippen LogP contribution in [0.25, 0.3) is 39.0 Å². The van der Waals surface area contributed by atoms with Crippen LogP contribution < -0.4 is 0 Å². The van der Waals surface area contributed by atoms with E-state index in [9.17, 15) is 0 Å². The zero-order valence-corrected chi connectivity index (χ0v) is 30.7. The van der Waals surface area contributed by atoms with Gasteiger partial charge in [-0.05, 0) is 124 Å². The second-order valence-corrected chi connectivity index (χ2v) is 19.9. The van der Waals surface area contributed by atoms with Crippen molar-refractivity contribution in [2.45, 2.75) is 59.2 Å². The minimum absolute atomic E-state index is 0.257. The molecule has 230 valence electrons. The number of hydrogen-bond donors (Lipinski definition) is 0. The lowest BCUT2D eigenvalue weighted by Crippen LogP contribution is -2.47. The summed E-state index contributed by atoms with van der Waals surface area (Å²) >= 11 is 11.8. The van der Waals surface area contributed by atoms with E-state index in [1.807, 2.05) is 68.0 Å².